The number of nitrogen functional groups attached to an aromatic ring is 1. The average molecular weight is 259 g/mol. The number of Topliss-reactive ketones (excluding diaryl/α,β-unsaturated/α-hetero) is 1. The van der Waals surface area contributed by atoms with E-state index in [1.54, 1.807) is 18.5 Å². The zero-order valence-electron chi connectivity index (χ0n) is 11.1. The lowest BCUT2D eigenvalue weighted by molar-refractivity contribution is 0.101. The molecule has 0 aliphatic heterocycles. The van der Waals surface area contributed by atoms with Gasteiger partial charge in [0.15, 0.2) is 5.78 Å². The van der Waals surface area contributed by atoms with Gasteiger partial charge in [-0.3, -0.25) is 4.79 Å². The van der Waals surface area contributed by atoms with Crippen LogP contribution in [0.5, 0.6) is 0 Å². The average Bonchev–Trinajstić information content (AvgIpc) is 2.75. The van der Waals surface area contributed by atoms with E-state index in [0.29, 0.717) is 11.3 Å². The molecule has 0 aliphatic rings. The third kappa shape index (κ3) is 3.09. The van der Waals surface area contributed by atoms with Crippen LogP contribution in [-0.4, -0.2) is 27.1 Å². The van der Waals surface area contributed by atoms with Gasteiger partial charge in [-0.1, -0.05) is 0 Å². The standard InChI is InChI=1S/C13H17N5O/c1-9(19)11-4-3-10(7-12(11)14)15-6-5-13-17-16-8-18(13)2/h3-4,7-8,15H,5-6,14H2,1-2H3. The van der Waals surface area contributed by atoms with E-state index in [0.717, 1.165) is 24.5 Å². The lowest BCUT2D eigenvalue weighted by atomic mass is 10.1. The molecule has 19 heavy (non-hydrogen) atoms. The zero-order chi connectivity index (χ0) is 13.8. The van der Waals surface area contributed by atoms with Crippen molar-refractivity contribution in [1.29, 1.82) is 0 Å². The number of hydrogen-bond acceptors (Lipinski definition) is 5. The van der Waals surface area contributed by atoms with Gasteiger partial charge in [0.05, 0.1) is 0 Å². The fraction of sp³-hybridized carbons (Fsp3) is 0.308. The van der Waals surface area contributed by atoms with E-state index in [2.05, 4.69) is 15.5 Å². The zero-order valence-corrected chi connectivity index (χ0v) is 11.1. The Labute approximate surface area is 111 Å². The van der Waals surface area contributed by atoms with Crippen molar-refractivity contribution >= 4 is 17.2 Å². The Morgan fingerprint density at radius 2 is 2.26 bits per heavy atom. The molecule has 0 saturated carbocycles. The molecule has 1 aromatic heterocycles. The molecule has 0 unspecified atom stereocenters. The van der Waals surface area contributed by atoms with E-state index in [-0.39, 0.29) is 5.78 Å². The molecule has 0 radical (unpaired) electrons. The number of aryl methyl sites for hydroxylation is 1. The number of nitrogens with one attached hydrogen (secondary N) is 1. The van der Waals surface area contributed by atoms with Crippen molar-refractivity contribution in [2.75, 3.05) is 17.6 Å². The smallest absolute Gasteiger partial charge is 0.161 e. The molecule has 0 amide bonds. The van der Waals surface area contributed by atoms with Crippen molar-refractivity contribution in [3.05, 3.63) is 35.9 Å². The second-order valence-electron chi connectivity index (χ2n) is 4.39. The van der Waals surface area contributed by atoms with Gasteiger partial charge in [0.2, 0.25) is 0 Å². The summed E-state index contributed by atoms with van der Waals surface area (Å²) in [5.41, 5.74) is 7.77. The Balaban J connectivity index is 1.95. The minimum Gasteiger partial charge on any atom is -0.398 e. The highest BCUT2D eigenvalue weighted by Crippen LogP contribution is 2.18. The Bertz CT molecular complexity index is 590. The van der Waals surface area contributed by atoms with Crippen molar-refractivity contribution in [2.24, 2.45) is 7.05 Å². The fourth-order valence-corrected chi connectivity index (χ4v) is 1.85. The van der Waals surface area contributed by atoms with E-state index >= 15 is 0 Å². The van der Waals surface area contributed by atoms with Gasteiger partial charge in [0, 0.05) is 37.0 Å². The predicted octanol–water partition coefficient (Wildman–Crippen LogP) is 1.25. The molecular formula is C13H17N5O. The van der Waals surface area contributed by atoms with Crippen LogP contribution in [0.15, 0.2) is 24.5 Å². The first-order valence-electron chi connectivity index (χ1n) is 6.05. The summed E-state index contributed by atoms with van der Waals surface area (Å²) >= 11 is 0. The van der Waals surface area contributed by atoms with Gasteiger partial charge < -0.3 is 15.6 Å². The van der Waals surface area contributed by atoms with Gasteiger partial charge >= 0.3 is 0 Å². The van der Waals surface area contributed by atoms with Crippen LogP contribution < -0.4 is 11.1 Å². The highest BCUT2D eigenvalue weighted by Gasteiger charge is 2.05. The number of carbonyl (C=O) groups excluding carboxylic acids is 1. The molecule has 2 aromatic rings. The fourth-order valence-electron chi connectivity index (χ4n) is 1.85. The van der Waals surface area contributed by atoms with Gasteiger partial charge in [0.25, 0.3) is 0 Å². The molecule has 1 aromatic carbocycles. The topological polar surface area (TPSA) is 85.8 Å². The monoisotopic (exact) mass is 259 g/mol. The van der Waals surface area contributed by atoms with Crippen molar-refractivity contribution in [1.82, 2.24) is 14.8 Å². The summed E-state index contributed by atoms with van der Waals surface area (Å²) < 4.78 is 1.88. The van der Waals surface area contributed by atoms with Gasteiger partial charge in [0.1, 0.15) is 12.2 Å². The lowest BCUT2D eigenvalue weighted by Crippen LogP contribution is -2.09. The molecule has 0 aliphatic carbocycles. The van der Waals surface area contributed by atoms with E-state index in [9.17, 15) is 4.79 Å². The molecule has 0 saturated heterocycles. The largest absolute Gasteiger partial charge is 0.398 e. The normalized spacial score (nSPS) is 10.4. The van der Waals surface area contributed by atoms with Crippen LogP contribution in [0.25, 0.3) is 0 Å². The summed E-state index contributed by atoms with van der Waals surface area (Å²) in [5, 5.41) is 11.1. The van der Waals surface area contributed by atoms with Crippen LogP contribution in [0.4, 0.5) is 11.4 Å². The molecule has 0 atom stereocenters. The Morgan fingerprint density at radius 1 is 1.47 bits per heavy atom. The molecule has 100 valence electrons. The van der Waals surface area contributed by atoms with Crippen LogP contribution in [0, 0.1) is 0 Å². The molecule has 0 bridgehead atoms. The number of nitrogens with zero attached hydrogens (tertiary/aromatic N) is 3. The van der Waals surface area contributed by atoms with Crippen molar-refractivity contribution in [3.8, 4) is 0 Å². The summed E-state index contributed by atoms with van der Waals surface area (Å²) in [6, 6.07) is 5.36. The highest BCUT2D eigenvalue weighted by molar-refractivity contribution is 5.99. The van der Waals surface area contributed by atoms with E-state index < -0.39 is 0 Å². The number of benzene rings is 1. The summed E-state index contributed by atoms with van der Waals surface area (Å²) in [7, 11) is 1.91. The SMILES string of the molecule is CC(=O)c1ccc(NCCc2nncn2C)cc1N. The first kappa shape index (κ1) is 13.1. The van der Waals surface area contributed by atoms with Crippen molar-refractivity contribution in [2.45, 2.75) is 13.3 Å². The van der Waals surface area contributed by atoms with E-state index in [1.165, 1.54) is 6.92 Å². The Hall–Kier alpha value is -2.37. The van der Waals surface area contributed by atoms with Gasteiger partial charge in [-0.2, -0.15) is 0 Å². The molecule has 0 spiro atoms. The maximum atomic E-state index is 11.3. The summed E-state index contributed by atoms with van der Waals surface area (Å²) in [6.45, 7) is 2.23. The van der Waals surface area contributed by atoms with Crippen molar-refractivity contribution < 1.29 is 4.79 Å². The maximum Gasteiger partial charge on any atom is 0.161 e. The second-order valence-corrected chi connectivity index (χ2v) is 4.39. The third-order valence-electron chi connectivity index (χ3n) is 2.91. The molecule has 3 N–H and O–H groups in total. The first-order chi connectivity index (χ1) is 9.08. The van der Waals surface area contributed by atoms with E-state index in [1.807, 2.05) is 17.7 Å². The van der Waals surface area contributed by atoms with Crippen LogP contribution >= 0.6 is 0 Å². The molecule has 6 heteroatoms. The van der Waals surface area contributed by atoms with E-state index in [4.69, 9.17) is 5.73 Å². The minimum absolute atomic E-state index is 0.0249. The third-order valence-corrected chi connectivity index (χ3v) is 2.91. The number of hydrogen-bond donors (Lipinski definition) is 2. The molecular weight excluding hydrogens is 242 g/mol. The minimum atomic E-state index is -0.0249. The molecule has 2 rings (SSSR count). The predicted molar refractivity (Wildman–Crippen MR) is 74.1 cm³/mol. The van der Waals surface area contributed by atoms with Crippen LogP contribution in [0.1, 0.15) is 23.1 Å². The number of carbonyl (C=O) groups is 1. The molecule has 1 heterocycles. The van der Waals surface area contributed by atoms with Gasteiger partial charge in [-0.05, 0) is 25.1 Å². The summed E-state index contributed by atoms with van der Waals surface area (Å²) in [4.78, 5) is 11.3. The summed E-state index contributed by atoms with van der Waals surface area (Å²) in [5.74, 6) is 0.893. The summed E-state index contributed by atoms with van der Waals surface area (Å²) in [6.07, 6.45) is 2.44. The van der Waals surface area contributed by atoms with Crippen molar-refractivity contribution in [3.63, 3.8) is 0 Å². The second kappa shape index (κ2) is 5.51. The van der Waals surface area contributed by atoms with Gasteiger partial charge in [-0.15, -0.1) is 10.2 Å². The molecule has 0 fully saturated rings. The van der Waals surface area contributed by atoms with Crippen LogP contribution in [0.3, 0.4) is 0 Å². The quantitative estimate of drug-likeness (QED) is 0.623. The van der Waals surface area contributed by atoms with Crippen LogP contribution in [-0.2, 0) is 13.5 Å². The lowest BCUT2D eigenvalue weighted by Gasteiger charge is -2.08. The Morgan fingerprint density at radius 3 is 2.84 bits per heavy atom. The number of aromatic nitrogens is 3. The number of nitrogens with two attached hydrogens (primary N) is 1. The number of anilines is 2. The molecule has 6 nitrogen and oxygen atoms in total. The first-order valence-corrected chi connectivity index (χ1v) is 6.05. The highest BCUT2D eigenvalue weighted by atomic mass is 16.1. The van der Waals surface area contributed by atoms with Gasteiger partial charge in [-0.25, -0.2) is 0 Å². The number of ketones is 1. The Kier molecular flexibility index (Phi) is 3.79. The number of rotatable bonds is 5. The maximum absolute atomic E-state index is 11.3. The van der Waals surface area contributed by atoms with Crippen LogP contribution in [0.2, 0.25) is 0 Å².